The molecule has 0 bridgehead atoms. The lowest BCUT2D eigenvalue weighted by Crippen LogP contribution is -2.26. The van der Waals surface area contributed by atoms with Gasteiger partial charge in [0.15, 0.2) is 0 Å². The normalized spacial score (nSPS) is 10.3. The van der Waals surface area contributed by atoms with Crippen molar-refractivity contribution in [1.29, 1.82) is 0 Å². The van der Waals surface area contributed by atoms with Crippen LogP contribution in [0.4, 0.5) is 5.95 Å². The fourth-order valence-corrected chi connectivity index (χ4v) is 1.95. The SMILES string of the molecule is COc1ccc(OCCN(C)c2nc(C)cc(C)n2)cc1. The maximum Gasteiger partial charge on any atom is 0.225 e. The quantitative estimate of drug-likeness (QED) is 0.817. The first-order valence-corrected chi connectivity index (χ1v) is 6.89. The Bertz CT molecular complexity index is 564. The molecular weight excluding hydrogens is 266 g/mol. The number of ether oxygens (including phenoxy) is 2. The van der Waals surface area contributed by atoms with Crippen LogP contribution in [0.1, 0.15) is 11.4 Å². The van der Waals surface area contributed by atoms with Crippen molar-refractivity contribution in [1.82, 2.24) is 9.97 Å². The van der Waals surface area contributed by atoms with Crippen LogP contribution >= 0.6 is 0 Å². The molecule has 0 aliphatic carbocycles. The number of hydrogen-bond acceptors (Lipinski definition) is 5. The van der Waals surface area contributed by atoms with Gasteiger partial charge in [0.2, 0.25) is 5.95 Å². The highest BCUT2D eigenvalue weighted by Crippen LogP contribution is 2.17. The lowest BCUT2D eigenvalue weighted by molar-refractivity contribution is 0.324. The van der Waals surface area contributed by atoms with Gasteiger partial charge >= 0.3 is 0 Å². The smallest absolute Gasteiger partial charge is 0.225 e. The molecule has 0 unspecified atom stereocenters. The second kappa shape index (κ2) is 6.92. The van der Waals surface area contributed by atoms with Gasteiger partial charge in [-0.05, 0) is 44.2 Å². The largest absolute Gasteiger partial charge is 0.497 e. The topological polar surface area (TPSA) is 47.5 Å². The van der Waals surface area contributed by atoms with Gasteiger partial charge in [0.25, 0.3) is 0 Å². The molecule has 1 aromatic heterocycles. The molecule has 5 heteroatoms. The molecule has 0 saturated carbocycles. The van der Waals surface area contributed by atoms with Crippen LogP contribution in [0.25, 0.3) is 0 Å². The Morgan fingerprint density at radius 1 is 1.00 bits per heavy atom. The van der Waals surface area contributed by atoms with Gasteiger partial charge in [0.05, 0.1) is 13.7 Å². The van der Waals surface area contributed by atoms with E-state index < -0.39 is 0 Å². The minimum absolute atomic E-state index is 0.569. The Hall–Kier alpha value is -2.30. The maximum absolute atomic E-state index is 5.71. The van der Waals surface area contributed by atoms with Crippen molar-refractivity contribution < 1.29 is 9.47 Å². The molecule has 0 amide bonds. The fraction of sp³-hybridized carbons (Fsp3) is 0.375. The van der Waals surface area contributed by atoms with Crippen molar-refractivity contribution in [3.05, 3.63) is 41.7 Å². The molecule has 21 heavy (non-hydrogen) atoms. The van der Waals surface area contributed by atoms with Crippen LogP contribution in [0, 0.1) is 13.8 Å². The second-order valence-electron chi connectivity index (χ2n) is 4.90. The number of likely N-dealkylation sites (N-methyl/N-ethyl adjacent to an activating group) is 1. The number of anilines is 1. The van der Waals surface area contributed by atoms with E-state index in [-0.39, 0.29) is 0 Å². The molecule has 0 N–H and O–H groups in total. The zero-order valence-electron chi connectivity index (χ0n) is 13.0. The summed E-state index contributed by atoms with van der Waals surface area (Å²) in [4.78, 5) is 10.8. The third kappa shape index (κ3) is 4.34. The Morgan fingerprint density at radius 2 is 1.57 bits per heavy atom. The van der Waals surface area contributed by atoms with Gasteiger partial charge in [-0.15, -0.1) is 0 Å². The number of hydrogen-bond donors (Lipinski definition) is 0. The molecule has 0 spiro atoms. The fourth-order valence-electron chi connectivity index (χ4n) is 1.95. The lowest BCUT2D eigenvalue weighted by Gasteiger charge is -2.18. The van der Waals surface area contributed by atoms with E-state index in [1.165, 1.54) is 0 Å². The van der Waals surface area contributed by atoms with Crippen molar-refractivity contribution in [2.75, 3.05) is 32.2 Å². The first-order chi connectivity index (χ1) is 10.1. The van der Waals surface area contributed by atoms with Gasteiger partial charge in [-0.25, -0.2) is 9.97 Å². The first-order valence-electron chi connectivity index (χ1n) is 6.89. The molecule has 1 heterocycles. The van der Waals surface area contributed by atoms with Gasteiger partial charge in [-0.1, -0.05) is 0 Å². The van der Waals surface area contributed by atoms with E-state index in [4.69, 9.17) is 9.47 Å². The minimum atomic E-state index is 0.569. The van der Waals surface area contributed by atoms with E-state index in [9.17, 15) is 0 Å². The van der Waals surface area contributed by atoms with E-state index in [0.717, 1.165) is 35.4 Å². The minimum Gasteiger partial charge on any atom is -0.497 e. The summed E-state index contributed by atoms with van der Waals surface area (Å²) in [6.07, 6.45) is 0. The van der Waals surface area contributed by atoms with Crippen LogP contribution in [0.2, 0.25) is 0 Å². The highest BCUT2D eigenvalue weighted by molar-refractivity contribution is 5.32. The van der Waals surface area contributed by atoms with Crippen molar-refractivity contribution in [3.8, 4) is 11.5 Å². The number of nitrogens with zero attached hydrogens (tertiary/aromatic N) is 3. The van der Waals surface area contributed by atoms with Gasteiger partial charge < -0.3 is 14.4 Å². The molecule has 0 aliphatic heterocycles. The van der Waals surface area contributed by atoms with Crippen LogP contribution in [0.3, 0.4) is 0 Å². The average molecular weight is 287 g/mol. The summed E-state index contributed by atoms with van der Waals surface area (Å²) in [6, 6.07) is 9.52. The molecule has 1 aromatic carbocycles. The molecule has 0 saturated heterocycles. The third-order valence-corrected chi connectivity index (χ3v) is 3.07. The Kier molecular flexibility index (Phi) is 4.98. The number of aryl methyl sites for hydroxylation is 2. The summed E-state index contributed by atoms with van der Waals surface area (Å²) in [5, 5.41) is 0. The lowest BCUT2D eigenvalue weighted by atomic mass is 10.3. The van der Waals surface area contributed by atoms with E-state index in [1.807, 2.05) is 56.1 Å². The van der Waals surface area contributed by atoms with E-state index in [2.05, 4.69) is 9.97 Å². The zero-order chi connectivity index (χ0) is 15.2. The standard InChI is InChI=1S/C16H21N3O2/c1-12-11-13(2)18-16(17-12)19(3)9-10-21-15-7-5-14(20-4)6-8-15/h5-8,11H,9-10H2,1-4H3. The molecular formula is C16H21N3O2. The van der Waals surface area contributed by atoms with Crippen molar-refractivity contribution in [2.45, 2.75) is 13.8 Å². The molecule has 0 aliphatic rings. The number of methoxy groups -OCH3 is 1. The molecule has 0 atom stereocenters. The Balaban J connectivity index is 1.87. The second-order valence-corrected chi connectivity index (χ2v) is 4.90. The maximum atomic E-state index is 5.71. The highest BCUT2D eigenvalue weighted by Gasteiger charge is 2.06. The Labute approximate surface area is 125 Å². The zero-order valence-corrected chi connectivity index (χ0v) is 13.0. The summed E-state index contributed by atoms with van der Waals surface area (Å²) >= 11 is 0. The Morgan fingerprint density at radius 3 is 2.14 bits per heavy atom. The van der Waals surface area contributed by atoms with E-state index in [0.29, 0.717) is 6.61 Å². The molecule has 2 rings (SSSR count). The van der Waals surface area contributed by atoms with Crippen molar-refractivity contribution >= 4 is 5.95 Å². The van der Waals surface area contributed by atoms with Crippen molar-refractivity contribution in [2.24, 2.45) is 0 Å². The summed E-state index contributed by atoms with van der Waals surface area (Å²) in [5.74, 6) is 2.37. The molecule has 5 nitrogen and oxygen atoms in total. The predicted molar refractivity (Wildman–Crippen MR) is 83.3 cm³/mol. The molecule has 2 aromatic rings. The molecule has 0 fully saturated rings. The van der Waals surface area contributed by atoms with Crippen LogP contribution in [-0.4, -0.2) is 37.3 Å². The third-order valence-electron chi connectivity index (χ3n) is 3.07. The summed E-state index contributed by atoms with van der Waals surface area (Å²) in [7, 11) is 3.61. The van der Waals surface area contributed by atoms with Gasteiger partial charge in [-0.2, -0.15) is 0 Å². The van der Waals surface area contributed by atoms with Gasteiger partial charge in [0, 0.05) is 18.4 Å². The average Bonchev–Trinajstić information content (AvgIpc) is 2.47. The number of benzene rings is 1. The molecule has 112 valence electrons. The highest BCUT2D eigenvalue weighted by atomic mass is 16.5. The van der Waals surface area contributed by atoms with E-state index in [1.54, 1.807) is 7.11 Å². The van der Waals surface area contributed by atoms with E-state index >= 15 is 0 Å². The summed E-state index contributed by atoms with van der Waals surface area (Å²) < 4.78 is 10.8. The first kappa shape index (κ1) is 15.1. The summed E-state index contributed by atoms with van der Waals surface area (Å²) in [5.41, 5.74) is 1.95. The van der Waals surface area contributed by atoms with Crippen LogP contribution in [0.15, 0.2) is 30.3 Å². The predicted octanol–water partition coefficient (Wildman–Crippen LogP) is 2.62. The molecule has 0 radical (unpaired) electrons. The van der Waals surface area contributed by atoms with Crippen molar-refractivity contribution in [3.63, 3.8) is 0 Å². The summed E-state index contributed by atoms with van der Waals surface area (Å²) in [6.45, 7) is 5.23. The monoisotopic (exact) mass is 287 g/mol. The van der Waals surface area contributed by atoms with Crippen LogP contribution in [0.5, 0.6) is 11.5 Å². The number of aromatic nitrogens is 2. The van der Waals surface area contributed by atoms with Crippen LogP contribution in [-0.2, 0) is 0 Å². The van der Waals surface area contributed by atoms with Crippen LogP contribution < -0.4 is 14.4 Å². The number of rotatable bonds is 6. The van der Waals surface area contributed by atoms with Gasteiger partial charge in [-0.3, -0.25) is 0 Å². The van der Waals surface area contributed by atoms with Gasteiger partial charge in [0.1, 0.15) is 18.1 Å².